The Bertz CT molecular complexity index is 137. The SMILES string of the molecule is CC1CC(=O)CC(=O)N1. The maximum atomic E-state index is 10.6. The molecule has 0 bridgehead atoms. The molecule has 1 heterocycles. The summed E-state index contributed by atoms with van der Waals surface area (Å²) in [6.45, 7) is 1.83. The zero-order chi connectivity index (χ0) is 6.85. The van der Waals surface area contributed by atoms with Gasteiger partial charge in [0.1, 0.15) is 5.78 Å². The van der Waals surface area contributed by atoms with Gasteiger partial charge in [-0.3, -0.25) is 9.59 Å². The fraction of sp³-hybridized carbons (Fsp3) is 0.667. The fourth-order valence-corrected chi connectivity index (χ4v) is 0.970. The molecule has 1 aliphatic heterocycles. The number of carbonyl (C=O) groups is 2. The summed E-state index contributed by atoms with van der Waals surface area (Å²) in [7, 11) is 0. The minimum absolute atomic E-state index is 0.0405. The lowest BCUT2D eigenvalue weighted by atomic mass is 10.1. The molecule has 3 heteroatoms. The number of nitrogens with one attached hydrogen (secondary N) is 1. The van der Waals surface area contributed by atoms with E-state index < -0.39 is 0 Å². The zero-order valence-corrected chi connectivity index (χ0v) is 5.31. The van der Waals surface area contributed by atoms with Gasteiger partial charge in [0.2, 0.25) is 5.91 Å². The molecule has 0 aromatic carbocycles. The van der Waals surface area contributed by atoms with E-state index in [-0.39, 0.29) is 24.2 Å². The average Bonchev–Trinajstić information content (AvgIpc) is 1.59. The maximum Gasteiger partial charge on any atom is 0.227 e. The first-order chi connectivity index (χ1) is 4.18. The highest BCUT2D eigenvalue weighted by molar-refractivity contribution is 6.00. The first-order valence-electron chi connectivity index (χ1n) is 2.99. The van der Waals surface area contributed by atoms with Gasteiger partial charge in [0.15, 0.2) is 0 Å². The van der Waals surface area contributed by atoms with Crippen LogP contribution < -0.4 is 5.32 Å². The number of rotatable bonds is 0. The topological polar surface area (TPSA) is 46.2 Å². The van der Waals surface area contributed by atoms with Crippen LogP contribution in [0.1, 0.15) is 19.8 Å². The third-order valence-electron chi connectivity index (χ3n) is 1.30. The van der Waals surface area contributed by atoms with Crippen LogP contribution in [0.15, 0.2) is 0 Å². The quantitative estimate of drug-likeness (QED) is 0.460. The molecule has 0 aliphatic carbocycles. The Morgan fingerprint density at radius 3 is 2.67 bits per heavy atom. The molecule has 1 saturated heterocycles. The van der Waals surface area contributed by atoms with Gasteiger partial charge in [0.25, 0.3) is 0 Å². The molecule has 0 saturated carbocycles. The van der Waals surface area contributed by atoms with Crippen LogP contribution in [0.2, 0.25) is 0 Å². The molecule has 1 amide bonds. The summed E-state index contributed by atoms with van der Waals surface area (Å²) < 4.78 is 0. The maximum absolute atomic E-state index is 10.6. The Labute approximate surface area is 53.4 Å². The highest BCUT2D eigenvalue weighted by Gasteiger charge is 2.20. The van der Waals surface area contributed by atoms with Crippen molar-refractivity contribution in [1.29, 1.82) is 0 Å². The molecule has 1 rings (SSSR count). The summed E-state index contributed by atoms with van der Waals surface area (Å²) in [5, 5.41) is 2.65. The second-order valence-electron chi connectivity index (χ2n) is 2.39. The molecule has 0 spiro atoms. The number of Topliss-reactive ketones (excluding diaryl/α,β-unsaturated/α-hetero) is 1. The Hall–Kier alpha value is -0.860. The highest BCUT2D eigenvalue weighted by Crippen LogP contribution is 2.02. The van der Waals surface area contributed by atoms with E-state index in [1.54, 1.807) is 0 Å². The number of piperidine rings is 1. The minimum Gasteiger partial charge on any atom is -0.353 e. The van der Waals surface area contributed by atoms with Gasteiger partial charge in [0, 0.05) is 12.5 Å². The molecular weight excluding hydrogens is 118 g/mol. The zero-order valence-electron chi connectivity index (χ0n) is 5.31. The monoisotopic (exact) mass is 127 g/mol. The number of amides is 1. The Morgan fingerprint density at radius 2 is 2.22 bits per heavy atom. The molecule has 1 atom stereocenters. The van der Waals surface area contributed by atoms with E-state index in [9.17, 15) is 9.59 Å². The van der Waals surface area contributed by atoms with E-state index in [0.29, 0.717) is 6.42 Å². The van der Waals surface area contributed by atoms with Crippen LogP contribution in [0.25, 0.3) is 0 Å². The van der Waals surface area contributed by atoms with E-state index in [1.165, 1.54) is 0 Å². The van der Waals surface area contributed by atoms with E-state index >= 15 is 0 Å². The van der Waals surface area contributed by atoms with Gasteiger partial charge in [0.05, 0.1) is 6.42 Å². The Kier molecular flexibility index (Phi) is 1.51. The van der Waals surface area contributed by atoms with Gasteiger partial charge in [-0.1, -0.05) is 0 Å². The second kappa shape index (κ2) is 2.17. The summed E-state index contributed by atoms with van der Waals surface area (Å²) in [4.78, 5) is 21.2. The van der Waals surface area contributed by atoms with Crippen LogP contribution in [-0.2, 0) is 9.59 Å². The lowest BCUT2D eigenvalue weighted by molar-refractivity contribution is -0.131. The smallest absolute Gasteiger partial charge is 0.227 e. The predicted octanol–water partition coefficient (Wildman–Crippen LogP) is -0.146. The van der Waals surface area contributed by atoms with Crippen LogP contribution in [0.3, 0.4) is 0 Å². The summed E-state index contributed by atoms with van der Waals surface area (Å²) in [6, 6.07) is 0.0405. The van der Waals surface area contributed by atoms with Crippen molar-refractivity contribution in [3.8, 4) is 0 Å². The van der Waals surface area contributed by atoms with Crippen molar-refractivity contribution in [1.82, 2.24) is 5.32 Å². The molecule has 50 valence electrons. The van der Waals surface area contributed by atoms with Crippen LogP contribution >= 0.6 is 0 Å². The molecule has 0 aromatic rings. The van der Waals surface area contributed by atoms with Crippen LogP contribution in [0, 0.1) is 0 Å². The van der Waals surface area contributed by atoms with Gasteiger partial charge in [-0.25, -0.2) is 0 Å². The normalized spacial score (nSPS) is 27.9. The largest absolute Gasteiger partial charge is 0.353 e. The predicted molar refractivity (Wildman–Crippen MR) is 31.8 cm³/mol. The molecule has 0 aromatic heterocycles. The van der Waals surface area contributed by atoms with Crippen LogP contribution in [0.4, 0.5) is 0 Å². The van der Waals surface area contributed by atoms with Crippen molar-refractivity contribution in [2.75, 3.05) is 0 Å². The van der Waals surface area contributed by atoms with E-state index in [0.717, 1.165) is 0 Å². The fourth-order valence-electron chi connectivity index (χ4n) is 0.970. The molecule has 0 radical (unpaired) electrons. The lowest BCUT2D eigenvalue weighted by Crippen LogP contribution is -2.40. The second-order valence-corrected chi connectivity index (χ2v) is 2.39. The molecular formula is C6H9NO2. The van der Waals surface area contributed by atoms with E-state index in [2.05, 4.69) is 5.32 Å². The molecule has 1 fully saturated rings. The minimum atomic E-state index is -0.140. The summed E-state index contributed by atoms with van der Waals surface area (Å²) in [5.74, 6) is -0.0926. The highest BCUT2D eigenvalue weighted by atomic mass is 16.2. The number of hydrogen-bond donors (Lipinski definition) is 1. The van der Waals surface area contributed by atoms with Crippen LogP contribution in [-0.4, -0.2) is 17.7 Å². The van der Waals surface area contributed by atoms with Gasteiger partial charge in [-0.05, 0) is 6.92 Å². The Morgan fingerprint density at radius 1 is 1.56 bits per heavy atom. The number of carbonyl (C=O) groups excluding carboxylic acids is 2. The Balaban J connectivity index is 2.53. The standard InChI is InChI=1S/C6H9NO2/c1-4-2-5(8)3-6(9)7-4/h4H,2-3H2,1H3,(H,7,9). The summed E-state index contributed by atoms with van der Waals surface area (Å²) >= 11 is 0. The van der Waals surface area contributed by atoms with Gasteiger partial charge >= 0.3 is 0 Å². The van der Waals surface area contributed by atoms with Crippen LogP contribution in [0.5, 0.6) is 0 Å². The average molecular weight is 127 g/mol. The first kappa shape index (κ1) is 6.26. The third-order valence-corrected chi connectivity index (χ3v) is 1.30. The van der Waals surface area contributed by atoms with E-state index in [1.807, 2.05) is 6.92 Å². The van der Waals surface area contributed by atoms with Crippen molar-refractivity contribution in [2.24, 2.45) is 0 Å². The number of hydrogen-bond acceptors (Lipinski definition) is 2. The molecule has 9 heavy (non-hydrogen) atoms. The summed E-state index contributed by atoms with van der Waals surface area (Å²) in [6.07, 6.45) is 0.566. The molecule has 1 unspecified atom stereocenters. The van der Waals surface area contributed by atoms with E-state index in [4.69, 9.17) is 0 Å². The molecule has 3 nitrogen and oxygen atoms in total. The molecule has 1 N–H and O–H groups in total. The third kappa shape index (κ3) is 1.52. The van der Waals surface area contributed by atoms with Crippen molar-refractivity contribution < 1.29 is 9.59 Å². The van der Waals surface area contributed by atoms with Crippen molar-refractivity contribution in [3.05, 3.63) is 0 Å². The van der Waals surface area contributed by atoms with Crippen molar-refractivity contribution in [2.45, 2.75) is 25.8 Å². The summed E-state index contributed by atoms with van der Waals surface area (Å²) in [5.41, 5.74) is 0. The molecule has 1 aliphatic rings. The number of ketones is 1. The first-order valence-corrected chi connectivity index (χ1v) is 2.99. The van der Waals surface area contributed by atoms with Crippen molar-refractivity contribution in [3.63, 3.8) is 0 Å². The van der Waals surface area contributed by atoms with Gasteiger partial charge in [-0.2, -0.15) is 0 Å². The van der Waals surface area contributed by atoms with Gasteiger partial charge < -0.3 is 5.32 Å². The lowest BCUT2D eigenvalue weighted by Gasteiger charge is -2.17. The van der Waals surface area contributed by atoms with Gasteiger partial charge in [-0.15, -0.1) is 0 Å². The van der Waals surface area contributed by atoms with Crippen molar-refractivity contribution >= 4 is 11.7 Å².